The highest BCUT2D eigenvalue weighted by Crippen LogP contribution is 2.31. The maximum absolute atomic E-state index is 13.5. The number of rotatable bonds is 7. The van der Waals surface area contributed by atoms with Crippen LogP contribution in [-0.4, -0.2) is 34.9 Å². The van der Waals surface area contributed by atoms with Gasteiger partial charge in [-0.3, -0.25) is 9.59 Å². The van der Waals surface area contributed by atoms with Crippen molar-refractivity contribution in [1.82, 2.24) is 9.78 Å². The number of aromatic nitrogens is 2. The molecule has 4 aromatic rings. The van der Waals surface area contributed by atoms with Gasteiger partial charge < -0.3 is 14.8 Å². The van der Waals surface area contributed by atoms with Crippen molar-refractivity contribution >= 4 is 39.0 Å². The lowest BCUT2D eigenvalue weighted by Gasteiger charge is -2.11. The fourth-order valence-corrected chi connectivity index (χ4v) is 4.49. The van der Waals surface area contributed by atoms with Crippen molar-refractivity contribution in [2.24, 2.45) is 0 Å². The standard InChI is InChI=1S/C26H25N3O5S/c1-5-33-26(32)23-20-14-35-24(27-21(30)13-34-19-8-6-7-15(2)11-19)22(20)25(31)29(28-23)18-10-9-16(3)17(4)12-18/h6-12,14H,5,13H2,1-4H3,(H,27,30). The number of nitrogens with one attached hydrogen (secondary N) is 1. The molecule has 0 saturated heterocycles. The number of aryl methyl sites for hydroxylation is 3. The highest BCUT2D eigenvalue weighted by atomic mass is 32.1. The molecule has 0 saturated carbocycles. The number of carbonyl (C=O) groups excluding carboxylic acids is 2. The average Bonchev–Trinajstić information content (AvgIpc) is 3.24. The summed E-state index contributed by atoms with van der Waals surface area (Å²) in [5.41, 5.74) is 3.11. The second-order valence-corrected chi connectivity index (χ2v) is 8.94. The van der Waals surface area contributed by atoms with Crippen LogP contribution in [0.3, 0.4) is 0 Å². The molecular weight excluding hydrogens is 466 g/mol. The van der Waals surface area contributed by atoms with E-state index in [1.807, 2.05) is 51.1 Å². The fourth-order valence-electron chi connectivity index (χ4n) is 3.54. The molecule has 2 aromatic carbocycles. The van der Waals surface area contributed by atoms with Crippen molar-refractivity contribution in [3.05, 3.63) is 80.6 Å². The van der Waals surface area contributed by atoms with Crippen LogP contribution < -0.4 is 15.6 Å². The Morgan fingerprint density at radius 2 is 1.89 bits per heavy atom. The summed E-state index contributed by atoms with van der Waals surface area (Å²) in [5.74, 6) is -0.502. The van der Waals surface area contributed by atoms with Gasteiger partial charge in [0.15, 0.2) is 12.3 Å². The first-order chi connectivity index (χ1) is 16.8. The van der Waals surface area contributed by atoms with Gasteiger partial charge >= 0.3 is 5.97 Å². The molecule has 0 radical (unpaired) electrons. The lowest BCUT2D eigenvalue weighted by molar-refractivity contribution is -0.118. The molecule has 0 atom stereocenters. The average molecular weight is 492 g/mol. The minimum Gasteiger partial charge on any atom is -0.484 e. The molecule has 0 bridgehead atoms. The van der Waals surface area contributed by atoms with Gasteiger partial charge in [0.1, 0.15) is 10.8 Å². The molecule has 1 amide bonds. The minimum absolute atomic E-state index is 0.00689. The summed E-state index contributed by atoms with van der Waals surface area (Å²) in [6.07, 6.45) is 0. The van der Waals surface area contributed by atoms with Gasteiger partial charge in [-0.2, -0.15) is 9.78 Å². The fraction of sp³-hybridized carbons (Fsp3) is 0.231. The summed E-state index contributed by atoms with van der Waals surface area (Å²) in [6.45, 7) is 7.45. The van der Waals surface area contributed by atoms with E-state index in [-0.39, 0.29) is 24.3 Å². The first kappa shape index (κ1) is 24.2. The number of fused-ring (bicyclic) bond motifs is 1. The zero-order valence-corrected chi connectivity index (χ0v) is 20.7. The summed E-state index contributed by atoms with van der Waals surface area (Å²) in [4.78, 5) is 38.8. The second-order valence-electron chi connectivity index (χ2n) is 8.06. The van der Waals surface area contributed by atoms with Crippen LogP contribution in [0.4, 0.5) is 5.00 Å². The van der Waals surface area contributed by atoms with E-state index in [9.17, 15) is 14.4 Å². The van der Waals surface area contributed by atoms with E-state index in [4.69, 9.17) is 9.47 Å². The zero-order chi connectivity index (χ0) is 25.1. The van der Waals surface area contributed by atoms with Crippen LogP contribution in [-0.2, 0) is 9.53 Å². The van der Waals surface area contributed by atoms with E-state index in [1.165, 1.54) is 4.68 Å². The van der Waals surface area contributed by atoms with E-state index < -0.39 is 17.4 Å². The van der Waals surface area contributed by atoms with Crippen molar-refractivity contribution in [3.63, 3.8) is 0 Å². The maximum Gasteiger partial charge on any atom is 0.359 e. The van der Waals surface area contributed by atoms with Gasteiger partial charge in [0.05, 0.1) is 17.7 Å². The van der Waals surface area contributed by atoms with Crippen LogP contribution in [0.5, 0.6) is 5.75 Å². The number of nitrogens with zero attached hydrogens (tertiary/aromatic N) is 2. The molecular formula is C26H25N3O5S. The van der Waals surface area contributed by atoms with Crippen LogP contribution in [0.2, 0.25) is 0 Å². The van der Waals surface area contributed by atoms with Gasteiger partial charge in [-0.25, -0.2) is 4.79 Å². The molecule has 8 nitrogen and oxygen atoms in total. The lowest BCUT2D eigenvalue weighted by Crippen LogP contribution is -2.26. The maximum atomic E-state index is 13.5. The molecule has 9 heteroatoms. The summed E-state index contributed by atoms with van der Waals surface area (Å²) >= 11 is 1.14. The van der Waals surface area contributed by atoms with Crippen molar-refractivity contribution in [2.45, 2.75) is 27.7 Å². The van der Waals surface area contributed by atoms with Gasteiger partial charge in [-0.1, -0.05) is 18.2 Å². The Morgan fingerprint density at radius 1 is 1.09 bits per heavy atom. The Hall–Kier alpha value is -3.98. The third-order valence-electron chi connectivity index (χ3n) is 5.47. The van der Waals surface area contributed by atoms with Crippen molar-refractivity contribution < 1.29 is 19.1 Å². The number of anilines is 1. The minimum atomic E-state index is -0.645. The highest BCUT2D eigenvalue weighted by molar-refractivity contribution is 7.16. The molecule has 0 unspecified atom stereocenters. The number of esters is 1. The first-order valence-electron chi connectivity index (χ1n) is 11.1. The van der Waals surface area contributed by atoms with Crippen molar-refractivity contribution in [3.8, 4) is 11.4 Å². The highest BCUT2D eigenvalue weighted by Gasteiger charge is 2.23. The first-order valence-corrected chi connectivity index (χ1v) is 11.9. The van der Waals surface area contributed by atoms with Gasteiger partial charge in [0.2, 0.25) is 0 Å². The predicted molar refractivity (Wildman–Crippen MR) is 136 cm³/mol. The largest absolute Gasteiger partial charge is 0.484 e. The zero-order valence-electron chi connectivity index (χ0n) is 19.9. The number of hydrogen-bond donors (Lipinski definition) is 1. The molecule has 0 spiro atoms. The Bertz CT molecular complexity index is 1490. The van der Waals surface area contributed by atoms with Crippen molar-refractivity contribution in [1.29, 1.82) is 0 Å². The molecule has 0 aliphatic heterocycles. The van der Waals surface area contributed by atoms with E-state index in [1.54, 1.807) is 24.4 Å². The van der Waals surface area contributed by atoms with Crippen LogP contribution in [0.25, 0.3) is 16.5 Å². The monoisotopic (exact) mass is 491 g/mol. The van der Waals surface area contributed by atoms with Crippen LogP contribution in [0.1, 0.15) is 34.1 Å². The molecule has 2 heterocycles. The molecule has 35 heavy (non-hydrogen) atoms. The number of ether oxygens (including phenoxy) is 2. The van der Waals surface area contributed by atoms with Gasteiger partial charge in [-0.05, 0) is 68.7 Å². The molecule has 2 aromatic heterocycles. The number of carbonyl (C=O) groups is 2. The van der Waals surface area contributed by atoms with Gasteiger partial charge in [-0.15, -0.1) is 11.3 Å². The summed E-state index contributed by atoms with van der Waals surface area (Å²) in [5, 5.41) is 9.54. The van der Waals surface area contributed by atoms with Crippen LogP contribution >= 0.6 is 11.3 Å². The second kappa shape index (κ2) is 10.1. The Balaban J connectivity index is 1.73. The smallest absolute Gasteiger partial charge is 0.359 e. The Morgan fingerprint density at radius 3 is 2.60 bits per heavy atom. The summed E-state index contributed by atoms with van der Waals surface area (Å²) in [7, 11) is 0. The Labute approximate surface area is 206 Å². The molecule has 0 fully saturated rings. The number of hydrogen-bond acceptors (Lipinski definition) is 7. The molecule has 180 valence electrons. The number of amides is 1. The van der Waals surface area contributed by atoms with E-state index in [2.05, 4.69) is 10.4 Å². The van der Waals surface area contributed by atoms with Gasteiger partial charge in [0, 0.05) is 10.8 Å². The number of thiophene rings is 1. The van der Waals surface area contributed by atoms with Gasteiger partial charge in [0.25, 0.3) is 11.5 Å². The lowest BCUT2D eigenvalue weighted by atomic mass is 10.1. The summed E-state index contributed by atoms with van der Waals surface area (Å²) < 4.78 is 11.9. The SMILES string of the molecule is CCOC(=O)c1nn(-c2ccc(C)c(C)c2)c(=O)c2c(NC(=O)COc3cccc(C)c3)scc12. The van der Waals surface area contributed by atoms with Crippen molar-refractivity contribution in [2.75, 3.05) is 18.5 Å². The topological polar surface area (TPSA) is 99.5 Å². The third kappa shape index (κ3) is 5.09. The number of benzene rings is 2. The Kier molecular flexibility index (Phi) is 6.97. The quantitative estimate of drug-likeness (QED) is 0.380. The van der Waals surface area contributed by atoms with E-state index in [0.29, 0.717) is 21.8 Å². The molecule has 0 aliphatic carbocycles. The normalized spacial score (nSPS) is 10.9. The predicted octanol–water partition coefficient (Wildman–Crippen LogP) is 4.57. The van der Waals surface area contributed by atoms with Crippen LogP contribution in [0, 0.1) is 20.8 Å². The third-order valence-corrected chi connectivity index (χ3v) is 6.36. The molecule has 0 aliphatic rings. The van der Waals surface area contributed by atoms with E-state index >= 15 is 0 Å². The molecule has 1 N–H and O–H groups in total. The molecule has 4 rings (SSSR count). The van der Waals surface area contributed by atoms with Crippen LogP contribution in [0.15, 0.2) is 52.6 Å². The summed E-state index contributed by atoms with van der Waals surface area (Å²) in [6, 6.07) is 12.8. The van der Waals surface area contributed by atoms with E-state index in [0.717, 1.165) is 28.0 Å².